The van der Waals surface area contributed by atoms with Gasteiger partial charge in [-0.3, -0.25) is 24.0 Å². The number of ether oxygens (including phenoxy) is 2. The highest BCUT2D eigenvalue weighted by molar-refractivity contribution is 6.01. The van der Waals surface area contributed by atoms with E-state index in [2.05, 4.69) is 26.6 Å². The minimum Gasteiger partial charge on any atom is -0.491 e. The smallest absolute Gasteiger partial charge is 0.255 e. The van der Waals surface area contributed by atoms with Crippen LogP contribution in [0.25, 0.3) is 0 Å². The molecule has 2 rings (SSSR count). The maximum Gasteiger partial charge on any atom is 0.255 e. The van der Waals surface area contributed by atoms with Gasteiger partial charge in [0.15, 0.2) is 0 Å². The Labute approximate surface area is 235 Å². The first kappa shape index (κ1) is 32.5. The van der Waals surface area contributed by atoms with Crippen LogP contribution in [0.2, 0.25) is 0 Å². The van der Waals surface area contributed by atoms with Crippen molar-refractivity contribution in [3.05, 3.63) is 29.8 Å². The fraction of sp³-hybridized carbons (Fsp3) is 0.607. The van der Waals surface area contributed by atoms with Gasteiger partial charge < -0.3 is 36.1 Å². The molecule has 4 atom stereocenters. The van der Waals surface area contributed by atoms with Crippen molar-refractivity contribution in [3.8, 4) is 5.75 Å². The van der Waals surface area contributed by atoms with Gasteiger partial charge in [0, 0.05) is 20.3 Å². The third-order valence-corrected chi connectivity index (χ3v) is 6.36. The van der Waals surface area contributed by atoms with Gasteiger partial charge in [-0.2, -0.15) is 0 Å². The highest BCUT2D eigenvalue weighted by Gasteiger charge is 2.33. The maximum atomic E-state index is 13.3. The highest BCUT2D eigenvalue weighted by atomic mass is 16.5. The lowest BCUT2D eigenvalue weighted by Gasteiger charge is -2.28. The van der Waals surface area contributed by atoms with Crippen molar-refractivity contribution in [2.45, 2.75) is 71.6 Å². The average Bonchev–Trinajstić information content (AvgIpc) is 2.90. The summed E-state index contributed by atoms with van der Waals surface area (Å²) in [4.78, 5) is 65.7. The lowest BCUT2D eigenvalue weighted by Crippen LogP contribution is -2.58. The Morgan fingerprint density at radius 1 is 0.975 bits per heavy atom. The molecule has 1 aliphatic rings. The van der Waals surface area contributed by atoms with Crippen molar-refractivity contribution < 1.29 is 33.4 Å². The van der Waals surface area contributed by atoms with E-state index in [1.807, 2.05) is 0 Å². The molecule has 1 heterocycles. The molecule has 12 nitrogen and oxygen atoms in total. The first-order valence-corrected chi connectivity index (χ1v) is 13.6. The van der Waals surface area contributed by atoms with E-state index in [-0.39, 0.29) is 36.3 Å². The standard InChI is InChI=1S/C28H43N5O7/c1-16(2)23-28(38)33-24(17(3)4)27(37)30-18(5)15-40-21-11-8-7-10-19(21)25(35)31-20(14-22(34)32-23)26(36)29-12-9-13-39-6/h7-8,10-11,16-18,20,23-24H,9,12-15H2,1-6H3,(H,29,36)(H,30,37)(H,31,35)(H,32,34)(H,33,38)/t18-,20-,23-,24+/m0/s1. The van der Waals surface area contributed by atoms with Gasteiger partial charge in [0.25, 0.3) is 5.91 Å². The minimum absolute atomic E-state index is 0.0485. The van der Waals surface area contributed by atoms with E-state index in [9.17, 15) is 24.0 Å². The highest BCUT2D eigenvalue weighted by Crippen LogP contribution is 2.19. The maximum absolute atomic E-state index is 13.3. The topological polar surface area (TPSA) is 164 Å². The summed E-state index contributed by atoms with van der Waals surface area (Å²) in [5.74, 6) is -3.00. The summed E-state index contributed by atoms with van der Waals surface area (Å²) in [6.45, 7) is 9.64. The fourth-order valence-electron chi connectivity index (χ4n) is 4.10. The second kappa shape index (κ2) is 15.8. The molecule has 0 fully saturated rings. The summed E-state index contributed by atoms with van der Waals surface area (Å²) in [5.41, 5.74) is 0.167. The second-order valence-electron chi connectivity index (χ2n) is 10.6. The molecule has 0 aliphatic carbocycles. The van der Waals surface area contributed by atoms with Crippen molar-refractivity contribution >= 4 is 29.5 Å². The number of rotatable bonds is 7. The van der Waals surface area contributed by atoms with Crippen LogP contribution in [0.4, 0.5) is 0 Å². The summed E-state index contributed by atoms with van der Waals surface area (Å²) in [6, 6.07) is 2.99. The Hall–Kier alpha value is -3.67. The number of carbonyl (C=O) groups is 5. The number of benzene rings is 1. The van der Waals surface area contributed by atoms with Gasteiger partial charge in [-0.15, -0.1) is 0 Å². The van der Waals surface area contributed by atoms with Crippen LogP contribution in [-0.4, -0.2) is 80.6 Å². The lowest BCUT2D eigenvalue weighted by atomic mass is 9.99. The van der Waals surface area contributed by atoms with Gasteiger partial charge in [-0.1, -0.05) is 39.8 Å². The number of amides is 5. The molecule has 40 heavy (non-hydrogen) atoms. The van der Waals surface area contributed by atoms with Gasteiger partial charge >= 0.3 is 0 Å². The Morgan fingerprint density at radius 3 is 2.25 bits per heavy atom. The van der Waals surface area contributed by atoms with E-state index in [0.717, 1.165) is 0 Å². The molecular formula is C28H43N5O7. The minimum atomic E-state index is -1.22. The van der Waals surface area contributed by atoms with E-state index in [0.29, 0.717) is 13.0 Å². The number of nitrogens with one attached hydrogen (secondary N) is 5. The number of hydrogen-bond donors (Lipinski definition) is 5. The molecule has 222 valence electrons. The molecule has 5 amide bonds. The van der Waals surface area contributed by atoms with E-state index < -0.39 is 60.1 Å². The van der Waals surface area contributed by atoms with Crippen molar-refractivity contribution in [2.24, 2.45) is 11.8 Å². The Balaban J connectivity index is 2.42. The molecule has 5 N–H and O–H groups in total. The normalized spacial score (nSPS) is 23.2. The fourth-order valence-corrected chi connectivity index (χ4v) is 4.10. The molecule has 0 unspecified atom stereocenters. The van der Waals surface area contributed by atoms with Crippen LogP contribution in [0, 0.1) is 11.8 Å². The summed E-state index contributed by atoms with van der Waals surface area (Å²) in [6.07, 6.45) is 0.135. The molecule has 0 aromatic heterocycles. The Kier molecular flexibility index (Phi) is 12.9. The monoisotopic (exact) mass is 561 g/mol. The third kappa shape index (κ3) is 9.82. The summed E-state index contributed by atoms with van der Waals surface area (Å²) < 4.78 is 10.9. The molecule has 12 heteroatoms. The van der Waals surface area contributed by atoms with Crippen LogP contribution in [0.1, 0.15) is 57.8 Å². The number of carbonyl (C=O) groups excluding carboxylic acids is 5. The van der Waals surface area contributed by atoms with E-state index in [4.69, 9.17) is 9.47 Å². The molecule has 0 saturated carbocycles. The quantitative estimate of drug-likeness (QED) is 0.303. The van der Waals surface area contributed by atoms with Crippen LogP contribution >= 0.6 is 0 Å². The number of methoxy groups -OCH3 is 1. The molecular weight excluding hydrogens is 518 g/mol. The Bertz CT molecular complexity index is 1050. The predicted octanol–water partition coefficient (Wildman–Crippen LogP) is 0.507. The number of para-hydroxylation sites is 1. The number of hydrogen-bond acceptors (Lipinski definition) is 7. The first-order valence-electron chi connectivity index (χ1n) is 13.6. The molecule has 0 bridgehead atoms. The van der Waals surface area contributed by atoms with E-state index >= 15 is 0 Å². The zero-order chi connectivity index (χ0) is 29.8. The zero-order valence-corrected chi connectivity index (χ0v) is 24.2. The average molecular weight is 562 g/mol. The van der Waals surface area contributed by atoms with E-state index in [1.165, 1.54) is 0 Å². The van der Waals surface area contributed by atoms with Gasteiger partial charge in [0.2, 0.25) is 23.6 Å². The summed E-state index contributed by atoms with van der Waals surface area (Å²) >= 11 is 0. The molecule has 1 aliphatic heterocycles. The zero-order valence-electron chi connectivity index (χ0n) is 24.2. The summed E-state index contributed by atoms with van der Waals surface area (Å²) in [7, 11) is 1.55. The van der Waals surface area contributed by atoms with Crippen LogP contribution in [-0.2, 0) is 23.9 Å². The van der Waals surface area contributed by atoms with Crippen molar-refractivity contribution in [3.63, 3.8) is 0 Å². The molecule has 0 radical (unpaired) electrons. The van der Waals surface area contributed by atoms with Crippen LogP contribution in [0.15, 0.2) is 24.3 Å². The predicted molar refractivity (Wildman–Crippen MR) is 148 cm³/mol. The first-order chi connectivity index (χ1) is 18.9. The second-order valence-corrected chi connectivity index (χ2v) is 10.6. The van der Waals surface area contributed by atoms with Crippen molar-refractivity contribution in [1.82, 2.24) is 26.6 Å². The van der Waals surface area contributed by atoms with Crippen LogP contribution in [0.5, 0.6) is 5.75 Å². The Morgan fingerprint density at radius 2 is 1.60 bits per heavy atom. The third-order valence-electron chi connectivity index (χ3n) is 6.36. The van der Waals surface area contributed by atoms with Crippen LogP contribution in [0.3, 0.4) is 0 Å². The van der Waals surface area contributed by atoms with Gasteiger partial charge in [0.1, 0.15) is 30.5 Å². The van der Waals surface area contributed by atoms with Gasteiger partial charge in [0.05, 0.1) is 18.0 Å². The van der Waals surface area contributed by atoms with Crippen molar-refractivity contribution in [1.29, 1.82) is 0 Å². The van der Waals surface area contributed by atoms with Crippen molar-refractivity contribution in [2.75, 3.05) is 26.9 Å². The summed E-state index contributed by atoms with van der Waals surface area (Å²) in [5, 5.41) is 13.6. The molecule has 0 saturated heterocycles. The molecule has 0 spiro atoms. The van der Waals surface area contributed by atoms with Gasteiger partial charge in [-0.05, 0) is 37.3 Å². The SMILES string of the molecule is COCCCNC(=O)[C@@H]1CC(=O)N[C@@H](C(C)C)C(=O)N[C@H](C(C)C)C(=O)N[C@@H](C)COc2ccccc2C(=O)N1. The lowest BCUT2D eigenvalue weighted by molar-refractivity contribution is -0.134. The largest absolute Gasteiger partial charge is 0.491 e. The molecule has 1 aromatic rings. The van der Waals surface area contributed by atoms with Crippen LogP contribution < -0.4 is 31.3 Å². The molecule has 1 aromatic carbocycles. The van der Waals surface area contributed by atoms with Gasteiger partial charge in [-0.25, -0.2) is 0 Å². The van der Waals surface area contributed by atoms with E-state index in [1.54, 1.807) is 66.0 Å². The number of fused-ring (bicyclic) bond motifs is 1.